The molecule has 162 valence electrons. The molecule has 1 aromatic carbocycles. The van der Waals surface area contributed by atoms with E-state index in [1.54, 1.807) is 53.1 Å². The summed E-state index contributed by atoms with van der Waals surface area (Å²) in [6.07, 6.45) is 1.44. The number of imide groups is 1. The van der Waals surface area contributed by atoms with E-state index in [9.17, 15) is 19.2 Å². The van der Waals surface area contributed by atoms with Crippen molar-refractivity contribution >= 4 is 39.7 Å². The van der Waals surface area contributed by atoms with Gasteiger partial charge in [-0.3, -0.25) is 19.3 Å². The van der Waals surface area contributed by atoms with Crippen molar-refractivity contribution in [3.8, 4) is 0 Å². The lowest BCUT2D eigenvalue weighted by Gasteiger charge is -2.34. The molecule has 2 aliphatic heterocycles. The third kappa shape index (κ3) is 3.95. The number of carbonyl (C=O) groups is 4. The first-order valence-electron chi connectivity index (χ1n) is 9.80. The monoisotopic (exact) mass is 488 g/mol. The standard InChI is InChI=1S/C21H21BrN4O5/c1-21(14-4-6-15(22)7-5-14)19(29)26(20(30)23-21)13-17(27)24-8-10-25(11-9-24)18(28)16-3-2-12-31-16/h2-7,12H,8-11,13H2,1H3,(H,23,30). The molecule has 1 unspecified atom stereocenters. The van der Waals surface area contributed by atoms with Crippen molar-refractivity contribution in [3.05, 3.63) is 58.5 Å². The summed E-state index contributed by atoms with van der Waals surface area (Å²) in [5.74, 6) is -0.781. The average molecular weight is 489 g/mol. The first-order valence-corrected chi connectivity index (χ1v) is 10.6. The van der Waals surface area contributed by atoms with Gasteiger partial charge in [-0.1, -0.05) is 28.1 Å². The topological polar surface area (TPSA) is 103 Å². The van der Waals surface area contributed by atoms with E-state index < -0.39 is 17.5 Å². The van der Waals surface area contributed by atoms with Crippen molar-refractivity contribution < 1.29 is 23.6 Å². The number of nitrogens with one attached hydrogen (secondary N) is 1. The quantitative estimate of drug-likeness (QED) is 0.660. The number of furan rings is 1. The summed E-state index contributed by atoms with van der Waals surface area (Å²) in [4.78, 5) is 54.7. The maximum absolute atomic E-state index is 13.0. The molecule has 3 heterocycles. The fraction of sp³-hybridized carbons (Fsp3) is 0.333. The van der Waals surface area contributed by atoms with Crippen LogP contribution < -0.4 is 5.32 Å². The van der Waals surface area contributed by atoms with E-state index >= 15 is 0 Å². The zero-order valence-corrected chi connectivity index (χ0v) is 18.4. The average Bonchev–Trinajstić information content (AvgIpc) is 3.38. The Kier molecular flexibility index (Phi) is 5.57. The minimum Gasteiger partial charge on any atom is -0.459 e. The second-order valence-electron chi connectivity index (χ2n) is 7.60. The molecule has 1 N–H and O–H groups in total. The molecular formula is C21H21BrN4O5. The van der Waals surface area contributed by atoms with Gasteiger partial charge in [0.05, 0.1) is 6.26 Å². The fourth-order valence-corrected chi connectivity index (χ4v) is 4.03. The number of amides is 5. The second-order valence-corrected chi connectivity index (χ2v) is 8.52. The molecule has 5 amide bonds. The van der Waals surface area contributed by atoms with Crippen molar-refractivity contribution in [1.82, 2.24) is 20.0 Å². The second kappa shape index (κ2) is 8.18. The molecule has 4 rings (SSSR count). The Morgan fingerprint density at radius 3 is 2.32 bits per heavy atom. The normalized spacial score (nSPS) is 21.4. The van der Waals surface area contributed by atoms with Gasteiger partial charge in [0.25, 0.3) is 11.8 Å². The Balaban J connectivity index is 1.37. The van der Waals surface area contributed by atoms with Gasteiger partial charge in [0.2, 0.25) is 5.91 Å². The molecule has 10 heteroatoms. The van der Waals surface area contributed by atoms with Crippen molar-refractivity contribution in [2.45, 2.75) is 12.5 Å². The van der Waals surface area contributed by atoms with Gasteiger partial charge < -0.3 is 19.5 Å². The Bertz CT molecular complexity index is 1010. The minimum absolute atomic E-state index is 0.225. The van der Waals surface area contributed by atoms with E-state index in [0.29, 0.717) is 31.7 Å². The predicted octanol–water partition coefficient (Wildman–Crippen LogP) is 1.79. The number of halogens is 1. The van der Waals surface area contributed by atoms with Crippen LogP contribution in [0.1, 0.15) is 23.0 Å². The molecular weight excluding hydrogens is 468 g/mol. The van der Waals surface area contributed by atoms with Crippen molar-refractivity contribution in [3.63, 3.8) is 0 Å². The van der Waals surface area contributed by atoms with Crippen molar-refractivity contribution in [1.29, 1.82) is 0 Å². The molecule has 0 aliphatic carbocycles. The number of rotatable bonds is 4. The Labute approximate surface area is 187 Å². The van der Waals surface area contributed by atoms with E-state index in [1.807, 2.05) is 0 Å². The summed E-state index contributed by atoms with van der Waals surface area (Å²) in [6.45, 7) is 2.62. The van der Waals surface area contributed by atoms with Crippen LogP contribution in [0, 0.1) is 0 Å². The van der Waals surface area contributed by atoms with E-state index in [-0.39, 0.29) is 24.1 Å². The number of carbonyl (C=O) groups excluding carboxylic acids is 4. The molecule has 1 atom stereocenters. The third-order valence-corrected chi connectivity index (χ3v) is 6.17. The lowest BCUT2D eigenvalue weighted by atomic mass is 9.92. The molecule has 2 aliphatic rings. The van der Waals surface area contributed by atoms with Crippen LogP contribution in [0.25, 0.3) is 0 Å². The summed E-state index contributed by atoms with van der Waals surface area (Å²) >= 11 is 3.35. The highest BCUT2D eigenvalue weighted by Gasteiger charge is 2.49. The molecule has 0 bridgehead atoms. The Morgan fingerprint density at radius 2 is 1.71 bits per heavy atom. The largest absolute Gasteiger partial charge is 0.459 e. The number of benzene rings is 1. The SMILES string of the molecule is CC1(c2ccc(Br)cc2)NC(=O)N(CC(=O)N2CCN(C(=O)c3ccco3)CC2)C1=O. The zero-order chi connectivity index (χ0) is 22.2. The van der Waals surface area contributed by atoms with E-state index in [1.165, 1.54) is 6.26 Å². The fourth-order valence-electron chi connectivity index (χ4n) is 3.77. The summed E-state index contributed by atoms with van der Waals surface area (Å²) in [6, 6.07) is 9.73. The predicted molar refractivity (Wildman–Crippen MR) is 113 cm³/mol. The first kappa shape index (κ1) is 21.1. The van der Waals surface area contributed by atoms with Crippen LogP contribution >= 0.6 is 15.9 Å². The van der Waals surface area contributed by atoms with Crippen molar-refractivity contribution in [2.24, 2.45) is 0 Å². The van der Waals surface area contributed by atoms with Crippen molar-refractivity contribution in [2.75, 3.05) is 32.7 Å². The smallest absolute Gasteiger partial charge is 0.325 e. The maximum Gasteiger partial charge on any atom is 0.325 e. The van der Waals surface area contributed by atoms with E-state index in [0.717, 1.165) is 9.37 Å². The van der Waals surface area contributed by atoms with Crippen LogP contribution in [0.3, 0.4) is 0 Å². The van der Waals surface area contributed by atoms with Crippen LogP contribution in [0.2, 0.25) is 0 Å². The Hall–Kier alpha value is -3.14. The molecule has 9 nitrogen and oxygen atoms in total. The lowest BCUT2D eigenvalue weighted by molar-refractivity contribution is -0.139. The summed E-state index contributed by atoms with van der Waals surface area (Å²) in [5.41, 5.74) is -0.597. The first-order chi connectivity index (χ1) is 14.8. The zero-order valence-electron chi connectivity index (χ0n) is 16.8. The maximum atomic E-state index is 13.0. The molecule has 0 radical (unpaired) electrons. The van der Waals surface area contributed by atoms with Gasteiger partial charge in [-0.05, 0) is 36.8 Å². The summed E-state index contributed by atoms with van der Waals surface area (Å²) < 4.78 is 5.99. The van der Waals surface area contributed by atoms with Gasteiger partial charge >= 0.3 is 6.03 Å². The van der Waals surface area contributed by atoms with Crippen LogP contribution in [0.15, 0.2) is 51.6 Å². The van der Waals surface area contributed by atoms with E-state index in [2.05, 4.69) is 21.2 Å². The van der Waals surface area contributed by atoms with Gasteiger partial charge in [-0.25, -0.2) is 4.79 Å². The van der Waals surface area contributed by atoms with Gasteiger partial charge in [-0.2, -0.15) is 0 Å². The number of hydrogen-bond donors (Lipinski definition) is 1. The number of nitrogens with zero attached hydrogens (tertiary/aromatic N) is 3. The van der Waals surface area contributed by atoms with Crippen LogP contribution in [-0.4, -0.2) is 71.2 Å². The highest BCUT2D eigenvalue weighted by Crippen LogP contribution is 2.29. The van der Waals surface area contributed by atoms with Gasteiger partial charge in [0.1, 0.15) is 12.1 Å². The molecule has 31 heavy (non-hydrogen) atoms. The number of piperazine rings is 1. The van der Waals surface area contributed by atoms with Gasteiger partial charge in [0, 0.05) is 30.7 Å². The molecule has 0 saturated carbocycles. The molecule has 1 aromatic heterocycles. The highest BCUT2D eigenvalue weighted by molar-refractivity contribution is 9.10. The Morgan fingerprint density at radius 1 is 1.06 bits per heavy atom. The van der Waals surface area contributed by atoms with Crippen LogP contribution in [0.4, 0.5) is 4.79 Å². The lowest BCUT2D eigenvalue weighted by Crippen LogP contribution is -2.53. The molecule has 2 fully saturated rings. The van der Waals surface area contributed by atoms with Crippen LogP contribution in [-0.2, 0) is 15.1 Å². The third-order valence-electron chi connectivity index (χ3n) is 5.64. The minimum atomic E-state index is -1.23. The summed E-state index contributed by atoms with van der Waals surface area (Å²) in [5, 5.41) is 2.70. The van der Waals surface area contributed by atoms with Gasteiger partial charge in [-0.15, -0.1) is 0 Å². The molecule has 2 aromatic rings. The van der Waals surface area contributed by atoms with Gasteiger partial charge in [0.15, 0.2) is 5.76 Å². The molecule has 0 spiro atoms. The summed E-state index contributed by atoms with van der Waals surface area (Å²) in [7, 11) is 0. The number of urea groups is 1. The highest BCUT2D eigenvalue weighted by atomic mass is 79.9. The molecule has 2 saturated heterocycles. The van der Waals surface area contributed by atoms with E-state index in [4.69, 9.17) is 4.42 Å². The van der Waals surface area contributed by atoms with Crippen LogP contribution in [0.5, 0.6) is 0 Å². The number of hydrogen-bond acceptors (Lipinski definition) is 5.